The highest BCUT2D eigenvalue weighted by Gasteiger charge is 2.47. The van der Waals surface area contributed by atoms with Crippen molar-refractivity contribution >= 4 is 17.5 Å². The molecule has 0 radical (unpaired) electrons. The number of rotatable bonds is 4. The van der Waals surface area contributed by atoms with E-state index in [0.29, 0.717) is 12.3 Å². The van der Waals surface area contributed by atoms with E-state index in [1.807, 2.05) is 20.0 Å². The van der Waals surface area contributed by atoms with Gasteiger partial charge in [0, 0.05) is 12.7 Å². The summed E-state index contributed by atoms with van der Waals surface area (Å²) >= 11 is 0. The fourth-order valence-electron chi connectivity index (χ4n) is 2.81. The summed E-state index contributed by atoms with van der Waals surface area (Å²) in [5, 5.41) is 7.11. The van der Waals surface area contributed by atoms with Gasteiger partial charge in [-0.05, 0) is 32.1 Å². The summed E-state index contributed by atoms with van der Waals surface area (Å²) in [4.78, 5) is 26.6. The number of nitrogens with zero attached hydrogens (tertiary/aromatic N) is 3. The first-order valence-corrected chi connectivity index (χ1v) is 7.31. The summed E-state index contributed by atoms with van der Waals surface area (Å²) in [6, 6.07) is -0.776. The van der Waals surface area contributed by atoms with Crippen molar-refractivity contribution in [3.05, 3.63) is 12.4 Å². The van der Waals surface area contributed by atoms with E-state index in [1.165, 1.54) is 0 Å². The number of aromatic nitrogens is 2. The van der Waals surface area contributed by atoms with Gasteiger partial charge in [-0.2, -0.15) is 5.10 Å². The van der Waals surface area contributed by atoms with Gasteiger partial charge in [-0.25, -0.2) is 0 Å². The number of carbonyl (C=O) groups excluding carboxylic acids is 2. The highest BCUT2D eigenvalue weighted by Crippen LogP contribution is 2.36. The van der Waals surface area contributed by atoms with E-state index in [2.05, 4.69) is 10.4 Å². The van der Waals surface area contributed by atoms with Crippen LogP contribution in [0.15, 0.2) is 12.4 Å². The van der Waals surface area contributed by atoms with Crippen LogP contribution in [0.25, 0.3) is 0 Å². The van der Waals surface area contributed by atoms with Crippen LogP contribution in [0.5, 0.6) is 0 Å². The fraction of sp³-hybridized carbons (Fsp3) is 0.643. The largest absolute Gasteiger partial charge is 0.342 e. The Balaban J connectivity index is 1.93. The van der Waals surface area contributed by atoms with Crippen molar-refractivity contribution in [1.82, 2.24) is 15.1 Å². The number of hydrogen-bond acceptors (Lipinski definition) is 3. The second kappa shape index (κ2) is 4.92. The van der Waals surface area contributed by atoms with Gasteiger partial charge < -0.3 is 5.32 Å². The summed E-state index contributed by atoms with van der Waals surface area (Å²) in [5.74, 6) is 0.274. The van der Waals surface area contributed by atoms with Crippen LogP contribution < -0.4 is 10.2 Å². The predicted molar refractivity (Wildman–Crippen MR) is 74.1 cm³/mol. The summed E-state index contributed by atoms with van der Waals surface area (Å²) in [7, 11) is 0. The molecule has 0 spiro atoms. The number of anilines is 1. The normalized spacial score (nSPS) is 26.8. The zero-order valence-corrected chi connectivity index (χ0v) is 11.9. The summed E-state index contributed by atoms with van der Waals surface area (Å²) < 4.78 is 1.77. The van der Waals surface area contributed by atoms with Crippen molar-refractivity contribution in [3.8, 4) is 0 Å². The van der Waals surface area contributed by atoms with Gasteiger partial charge in [0.25, 0.3) is 5.91 Å². The standard InChI is InChI=1S/C14H20N4O2/c1-3-11-13(19)16-12(9-5-6-9)14(20)18(11)10-7-15-17(4-2)8-10/h7-9,11-12H,3-6H2,1-2H3,(H,16,19). The molecule has 1 saturated heterocycles. The van der Waals surface area contributed by atoms with Crippen LogP contribution in [-0.4, -0.2) is 33.7 Å². The minimum absolute atomic E-state index is 0.00889. The lowest BCUT2D eigenvalue weighted by Gasteiger charge is -2.38. The van der Waals surface area contributed by atoms with Crippen LogP contribution in [-0.2, 0) is 16.1 Å². The average Bonchev–Trinajstić information content (AvgIpc) is 3.18. The molecule has 1 aliphatic heterocycles. The van der Waals surface area contributed by atoms with Gasteiger partial charge >= 0.3 is 0 Å². The Labute approximate surface area is 118 Å². The van der Waals surface area contributed by atoms with Crippen molar-refractivity contribution in [1.29, 1.82) is 0 Å². The smallest absolute Gasteiger partial charge is 0.250 e. The number of carbonyl (C=O) groups is 2. The lowest BCUT2D eigenvalue weighted by molar-refractivity contribution is -0.134. The monoisotopic (exact) mass is 276 g/mol. The van der Waals surface area contributed by atoms with Crippen molar-refractivity contribution < 1.29 is 9.59 Å². The van der Waals surface area contributed by atoms with Crippen molar-refractivity contribution in [3.63, 3.8) is 0 Å². The van der Waals surface area contributed by atoms with Gasteiger partial charge in [-0.3, -0.25) is 19.2 Å². The van der Waals surface area contributed by atoms with E-state index < -0.39 is 6.04 Å². The Hall–Kier alpha value is -1.85. The lowest BCUT2D eigenvalue weighted by atomic mass is 10.0. The maximum absolute atomic E-state index is 12.7. The molecular formula is C14H20N4O2. The van der Waals surface area contributed by atoms with Crippen molar-refractivity contribution in [2.24, 2.45) is 5.92 Å². The molecule has 108 valence electrons. The van der Waals surface area contributed by atoms with Gasteiger partial charge in [0.2, 0.25) is 5.91 Å². The third-order valence-electron chi connectivity index (χ3n) is 4.12. The van der Waals surface area contributed by atoms with E-state index in [0.717, 1.165) is 25.1 Å². The van der Waals surface area contributed by atoms with E-state index in [9.17, 15) is 9.59 Å². The van der Waals surface area contributed by atoms with Gasteiger partial charge in [0.05, 0.1) is 11.9 Å². The molecular weight excluding hydrogens is 256 g/mol. The molecule has 1 saturated carbocycles. The predicted octanol–water partition coefficient (Wildman–Crippen LogP) is 0.923. The fourth-order valence-corrected chi connectivity index (χ4v) is 2.81. The quantitative estimate of drug-likeness (QED) is 0.889. The molecule has 2 aliphatic rings. The Morgan fingerprint density at radius 3 is 2.65 bits per heavy atom. The average molecular weight is 276 g/mol. The third kappa shape index (κ3) is 2.09. The van der Waals surface area contributed by atoms with Gasteiger partial charge in [-0.15, -0.1) is 0 Å². The molecule has 20 heavy (non-hydrogen) atoms. The van der Waals surface area contributed by atoms with Gasteiger partial charge in [0.15, 0.2) is 0 Å². The second-order valence-corrected chi connectivity index (χ2v) is 5.51. The van der Waals surface area contributed by atoms with Gasteiger partial charge in [-0.1, -0.05) is 6.92 Å². The highest BCUT2D eigenvalue weighted by molar-refractivity contribution is 6.08. The van der Waals surface area contributed by atoms with Crippen molar-refractivity contribution in [2.45, 2.75) is 51.7 Å². The first-order valence-electron chi connectivity index (χ1n) is 7.31. The first kappa shape index (κ1) is 13.1. The maximum Gasteiger partial charge on any atom is 0.250 e. The number of nitrogens with one attached hydrogen (secondary N) is 1. The molecule has 6 nitrogen and oxygen atoms in total. The van der Waals surface area contributed by atoms with Crippen LogP contribution in [0.1, 0.15) is 33.1 Å². The molecule has 6 heteroatoms. The SMILES string of the molecule is CCC1C(=O)NC(C2CC2)C(=O)N1c1cnn(CC)c1. The molecule has 3 rings (SSSR count). The molecule has 1 aromatic rings. The molecule has 2 fully saturated rings. The number of amides is 2. The topological polar surface area (TPSA) is 67.2 Å². The van der Waals surface area contributed by atoms with E-state index in [4.69, 9.17) is 0 Å². The number of hydrogen-bond donors (Lipinski definition) is 1. The molecule has 0 bridgehead atoms. The zero-order chi connectivity index (χ0) is 14.3. The van der Waals surface area contributed by atoms with Crippen LogP contribution >= 0.6 is 0 Å². The van der Waals surface area contributed by atoms with Crippen LogP contribution in [0.2, 0.25) is 0 Å². The summed E-state index contributed by atoms with van der Waals surface area (Å²) in [6.45, 7) is 4.66. The molecule has 2 amide bonds. The zero-order valence-electron chi connectivity index (χ0n) is 11.9. The van der Waals surface area contributed by atoms with Crippen molar-refractivity contribution in [2.75, 3.05) is 4.90 Å². The minimum atomic E-state index is -0.424. The van der Waals surface area contributed by atoms with Gasteiger partial charge in [0.1, 0.15) is 12.1 Å². The minimum Gasteiger partial charge on any atom is -0.342 e. The first-order chi connectivity index (χ1) is 9.65. The van der Waals surface area contributed by atoms with E-state index in [1.54, 1.807) is 15.8 Å². The Bertz CT molecular complexity index is 535. The summed E-state index contributed by atoms with van der Waals surface area (Å²) in [5.41, 5.74) is 0.726. The molecule has 2 unspecified atom stereocenters. The molecule has 2 heterocycles. The molecule has 1 aliphatic carbocycles. The lowest BCUT2D eigenvalue weighted by Crippen LogP contribution is -2.64. The Morgan fingerprint density at radius 1 is 1.35 bits per heavy atom. The van der Waals surface area contributed by atoms with E-state index in [-0.39, 0.29) is 17.9 Å². The highest BCUT2D eigenvalue weighted by atomic mass is 16.2. The molecule has 1 N–H and O–H groups in total. The number of aryl methyl sites for hydroxylation is 1. The van der Waals surface area contributed by atoms with Crippen LogP contribution in [0, 0.1) is 5.92 Å². The third-order valence-corrected chi connectivity index (χ3v) is 4.12. The molecule has 0 aromatic carbocycles. The second-order valence-electron chi connectivity index (χ2n) is 5.51. The van der Waals surface area contributed by atoms with E-state index >= 15 is 0 Å². The molecule has 1 aromatic heterocycles. The Kier molecular flexibility index (Phi) is 3.23. The van der Waals surface area contributed by atoms with Crippen LogP contribution in [0.3, 0.4) is 0 Å². The maximum atomic E-state index is 12.7. The summed E-state index contributed by atoms with van der Waals surface area (Å²) in [6.07, 6.45) is 6.16. The Morgan fingerprint density at radius 2 is 2.10 bits per heavy atom. The molecule has 2 atom stereocenters. The van der Waals surface area contributed by atoms with Crippen LogP contribution in [0.4, 0.5) is 5.69 Å². The number of piperazine rings is 1.